The van der Waals surface area contributed by atoms with Crippen LogP contribution in [-0.4, -0.2) is 39.1 Å². The molecular formula is C20H23ClN4O. The minimum atomic E-state index is 0.484. The van der Waals surface area contributed by atoms with Crippen molar-refractivity contribution in [1.82, 2.24) is 19.9 Å². The molecular weight excluding hydrogens is 348 g/mol. The number of nitrogens with zero attached hydrogens (tertiary/aromatic N) is 4. The first-order valence-electron chi connectivity index (χ1n) is 9.10. The third kappa shape index (κ3) is 3.63. The number of halogens is 1. The summed E-state index contributed by atoms with van der Waals surface area (Å²) in [5, 5.41) is 9.28. The highest BCUT2D eigenvalue weighted by atomic mass is 35.5. The average molecular weight is 371 g/mol. The molecule has 0 spiro atoms. The lowest BCUT2D eigenvalue weighted by Gasteiger charge is -2.37. The fraction of sp³-hybridized carbons (Fsp3) is 0.400. The van der Waals surface area contributed by atoms with Crippen LogP contribution >= 0.6 is 11.6 Å². The van der Waals surface area contributed by atoms with E-state index in [-0.39, 0.29) is 0 Å². The molecule has 2 atom stereocenters. The minimum Gasteiger partial charge on any atom is -0.493 e. The highest BCUT2D eigenvalue weighted by Crippen LogP contribution is 2.34. The third-order valence-electron chi connectivity index (χ3n) is 5.27. The molecule has 0 unspecified atom stereocenters. The minimum absolute atomic E-state index is 0.484. The van der Waals surface area contributed by atoms with Crippen LogP contribution < -0.4 is 4.74 Å². The Labute approximate surface area is 158 Å². The first kappa shape index (κ1) is 17.2. The molecule has 0 bridgehead atoms. The molecule has 1 aliphatic heterocycles. The van der Waals surface area contributed by atoms with Crippen LogP contribution in [-0.2, 0) is 0 Å². The van der Waals surface area contributed by atoms with Gasteiger partial charge in [-0.3, -0.25) is 0 Å². The van der Waals surface area contributed by atoms with Gasteiger partial charge in [-0.05, 0) is 56.2 Å². The number of allylic oxidation sites excluding steroid dienone is 3. The van der Waals surface area contributed by atoms with Gasteiger partial charge in [-0.2, -0.15) is 15.0 Å². The van der Waals surface area contributed by atoms with Crippen LogP contribution in [0.2, 0.25) is 5.02 Å². The smallest absolute Gasteiger partial charge is 0.119 e. The van der Waals surface area contributed by atoms with Crippen molar-refractivity contribution in [2.45, 2.75) is 32.2 Å². The van der Waals surface area contributed by atoms with Crippen molar-refractivity contribution in [3.8, 4) is 5.75 Å². The molecule has 0 N–H and O–H groups in total. The molecule has 0 radical (unpaired) electrons. The predicted molar refractivity (Wildman–Crippen MR) is 103 cm³/mol. The third-order valence-corrected chi connectivity index (χ3v) is 5.53. The van der Waals surface area contributed by atoms with E-state index in [1.165, 1.54) is 25.0 Å². The molecule has 1 saturated carbocycles. The molecule has 2 aliphatic rings. The van der Waals surface area contributed by atoms with Gasteiger partial charge in [-0.25, -0.2) is 0 Å². The molecule has 6 heteroatoms. The standard InChI is InChI=1S/C20H23ClN4O/c1-15-5-8-18(25-22-11-12-23-25)13-24(15)20-4-2-3-16(20)14-26-19-9-6-17(21)7-10-19/h5-12,16,20H,2-4,13-14H2,1H3/t16-,20+/m1/s1. The summed E-state index contributed by atoms with van der Waals surface area (Å²) in [5.41, 5.74) is 2.40. The summed E-state index contributed by atoms with van der Waals surface area (Å²) in [6.45, 7) is 3.74. The zero-order chi connectivity index (χ0) is 17.9. The Morgan fingerprint density at radius 1 is 1.12 bits per heavy atom. The number of hydrogen-bond acceptors (Lipinski definition) is 4. The summed E-state index contributed by atoms with van der Waals surface area (Å²) in [7, 11) is 0. The first-order chi connectivity index (χ1) is 12.7. The largest absolute Gasteiger partial charge is 0.493 e. The van der Waals surface area contributed by atoms with E-state index in [9.17, 15) is 0 Å². The van der Waals surface area contributed by atoms with E-state index in [1.54, 1.807) is 17.2 Å². The van der Waals surface area contributed by atoms with Crippen molar-refractivity contribution in [1.29, 1.82) is 0 Å². The zero-order valence-corrected chi connectivity index (χ0v) is 15.6. The highest BCUT2D eigenvalue weighted by Gasteiger charge is 2.34. The zero-order valence-electron chi connectivity index (χ0n) is 14.9. The van der Waals surface area contributed by atoms with Crippen molar-refractivity contribution in [3.63, 3.8) is 0 Å². The number of rotatable bonds is 5. The van der Waals surface area contributed by atoms with Crippen LogP contribution in [0.1, 0.15) is 26.2 Å². The Balaban J connectivity index is 1.43. The monoisotopic (exact) mass is 370 g/mol. The van der Waals surface area contributed by atoms with Crippen molar-refractivity contribution in [3.05, 3.63) is 59.5 Å². The van der Waals surface area contributed by atoms with E-state index in [1.807, 2.05) is 24.3 Å². The lowest BCUT2D eigenvalue weighted by Crippen LogP contribution is -2.41. The van der Waals surface area contributed by atoms with Gasteiger partial charge >= 0.3 is 0 Å². The summed E-state index contributed by atoms with van der Waals surface area (Å²) < 4.78 is 6.05. The molecule has 1 aromatic carbocycles. The molecule has 26 heavy (non-hydrogen) atoms. The molecule has 136 valence electrons. The fourth-order valence-electron chi connectivity index (χ4n) is 3.89. The van der Waals surface area contributed by atoms with Gasteiger partial charge < -0.3 is 9.64 Å². The Bertz CT molecular complexity index is 798. The molecule has 1 aromatic heterocycles. The van der Waals surface area contributed by atoms with E-state index in [4.69, 9.17) is 16.3 Å². The highest BCUT2D eigenvalue weighted by molar-refractivity contribution is 6.30. The van der Waals surface area contributed by atoms with Crippen LogP contribution in [0.4, 0.5) is 0 Å². The number of benzene rings is 1. The van der Waals surface area contributed by atoms with Gasteiger partial charge in [0.2, 0.25) is 0 Å². The molecule has 5 nitrogen and oxygen atoms in total. The van der Waals surface area contributed by atoms with Gasteiger partial charge in [0.1, 0.15) is 5.75 Å². The van der Waals surface area contributed by atoms with Gasteiger partial charge in [0.25, 0.3) is 0 Å². The van der Waals surface area contributed by atoms with Gasteiger partial charge in [0.05, 0.1) is 31.2 Å². The first-order valence-corrected chi connectivity index (χ1v) is 9.47. The van der Waals surface area contributed by atoms with Crippen molar-refractivity contribution in [2.24, 2.45) is 5.92 Å². The Morgan fingerprint density at radius 3 is 2.65 bits per heavy atom. The summed E-state index contributed by atoms with van der Waals surface area (Å²) in [4.78, 5) is 4.20. The Kier molecular flexibility index (Phi) is 4.98. The quantitative estimate of drug-likeness (QED) is 0.789. The van der Waals surface area contributed by atoms with Crippen LogP contribution in [0, 0.1) is 5.92 Å². The Morgan fingerprint density at radius 2 is 1.88 bits per heavy atom. The molecule has 2 aromatic rings. The maximum atomic E-state index is 6.05. The van der Waals surface area contributed by atoms with Crippen LogP contribution in [0.5, 0.6) is 5.75 Å². The Hall–Kier alpha value is -2.27. The SMILES string of the molecule is CC1=CC=C(n2nccn2)CN1[C@H]1CCC[C@@H]1COc1ccc(Cl)cc1. The van der Waals surface area contributed by atoms with E-state index < -0.39 is 0 Å². The molecule has 2 heterocycles. The van der Waals surface area contributed by atoms with Crippen molar-refractivity contribution >= 4 is 17.3 Å². The topological polar surface area (TPSA) is 43.2 Å². The van der Waals surface area contributed by atoms with E-state index in [0.717, 1.165) is 29.6 Å². The lowest BCUT2D eigenvalue weighted by molar-refractivity contribution is 0.162. The lowest BCUT2D eigenvalue weighted by atomic mass is 10.0. The summed E-state index contributed by atoms with van der Waals surface area (Å²) in [6.07, 6.45) is 11.3. The van der Waals surface area contributed by atoms with Crippen LogP contribution in [0.3, 0.4) is 0 Å². The second-order valence-corrected chi connectivity index (χ2v) is 7.37. The van der Waals surface area contributed by atoms with Gasteiger partial charge in [-0.1, -0.05) is 18.0 Å². The maximum Gasteiger partial charge on any atom is 0.119 e. The predicted octanol–water partition coefficient (Wildman–Crippen LogP) is 4.24. The van der Waals surface area contributed by atoms with E-state index in [0.29, 0.717) is 12.0 Å². The second-order valence-electron chi connectivity index (χ2n) is 6.94. The number of hydrogen-bond donors (Lipinski definition) is 0. The molecule has 0 saturated heterocycles. The average Bonchev–Trinajstić information content (AvgIpc) is 3.34. The van der Waals surface area contributed by atoms with E-state index >= 15 is 0 Å². The molecule has 4 rings (SSSR count). The van der Waals surface area contributed by atoms with Crippen molar-refractivity contribution in [2.75, 3.05) is 13.2 Å². The summed E-state index contributed by atoms with van der Waals surface area (Å²) in [6, 6.07) is 8.09. The summed E-state index contributed by atoms with van der Waals surface area (Å²) >= 11 is 5.95. The van der Waals surface area contributed by atoms with Gasteiger partial charge in [-0.15, -0.1) is 0 Å². The van der Waals surface area contributed by atoms with Crippen LogP contribution in [0.15, 0.2) is 54.5 Å². The maximum absolute atomic E-state index is 6.05. The van der Waals surface area contributed by atoms with Crippen molar-refractivity contribution < 1.29 is 4.74 Å². The summed E-state index contributed by atoms with van der Waals surface area (Å²) in [5.74, 6) is 1.39. The fourth-order valence-corrected chi connectivity index (χ4v) is 4.02. The number of aromatic nitrogens is 3. The molecule has 0 amide bonds. The van der Waals surface area contributed by atoms with E-state index in [2.05, 4.69) is 34.2 Å². The molecule has 1 fully saturated rings. The second kappa shape index (κ2) is 7.54. The van der Waals surface area contributed by atoms with Crippen LogP contribution in [0.25, 0.3) is 5.70 Å². The molecule has 1 aliphatic carbocycles. The normalized spacial score (nSPS) is 22.9. The van der Waals surface area contributed by atoms with Gasteiger partial charge in [0, 0.05) is 22.7 Å². The van der Waals surface area contributed by atoms with Gasteiger partial charge in [0.15, 0.2) is 0 Å². The number of ether oxygens (including phenoxy) is 1.